The molecule has 1 amide bonds. The Balaban J connectivity index is 1.38. The lowest BCUT2D eigenvalue weighted by molar-refractivity contribution is 0.0731. The van der Waals surface area contributed by atoms with Crippen LogP contribution in [0, 0.1) is 0 Å². The van der Waals surface area contributed by atoms with Gasteiger partial charge in [-0.25, -0.2) is 15.0 Å². The number of nitrogens with zero attached hydrogens (tertiary/aromatic N) is 1. The molecule has 0 radical (unpaired) electrons. The number of aromatic hydroxyl groups is 1. The van der Waals surface area contributed by atoms with Gasteiger partial charge in [0, 0.05) is 21.7 Å². The summed E-state index contributed by atoms with van der Waals surface area (Å²) in [6, 6.07) is 26.9. The highest BCUT2D eigenvalue weighted by molar-refractivity contribution is 6.31. The SMILES string of the molecule is O=C(Oc1ccc(C=NNC(=O)c2cc3ccccc3cc2O)c(OC(=O)c2ccc(Cl)cc2)c1)c1ccc(Cl)cc1. The maximum absolute atomic E-state index is 12.8. The molecule has 0 aliphatic carbocycles. The van der Waals surface area contributed by atoms with Crippen molar-refractivity contribution in [2.75, 3.05) is 0 Å². The van der Waals surface area contributed by atoms with Crippen LogP contribution in [0.25, 0.3) is 10.8 Å². The summed E-state index contributed by atoms with van der Waals surface area (Å²) in [7, 11) is 0. The van der Waals surface area contributed by atoms with Gasteiger partial charge in [0.25, 0.3) is 5.91 Å². The average molecular weight is 599 g/mol. The Morgan fingerprint density at radius 1 is 0.714 bits per heavy atom. The summed E-state index contributed by atoms with van der Waals surface area (Å²) in [4.78, 5) is 38.2. The summed E-state index contributed by atoms with van der Waals surface area (Å²) in [6.45, 7) is 0. The first-order valence-electron chi connectivity index (χ1n) is 12.4. The van der Waals surface area contributed by atoms with E-state index in [1.54, 1.807) is 30.3 Å². The van der Waals surface area contributed by atoms with Crippen LogP contribution in [-0.4, -0.2) is 29.2 Å². The second kappa shape index (κ2) is 12.6. The van der Waals surface area contributed by atoms with Gasteiger partial charge in [0.15, 0.2) is 0 Å². The highest BCUT2D eigenvalue weighted by Crippen LogP contribution is 2.27. The number of rotatable bonds is 7. The van der Waals surface area contributed by atoms with Gasteiger partial charge in [-0.2, -0.15) is 5.10 Å². The van der Waals surface area contributed by atoms with Gasteiger partial charge in [0.05, 0.1) is 22.9 Å². The molecule has 5 rings (SSSR count). The second-order valence-electron chi connectivity index (χ2n) is 8.91. The van der Waals surface area contributed by atoms with Crippen LogP contribution in [0.4, 0.5) is 0 Å². The van der Waals surface area contributed by atoms with Crippen molar-refractivity contribution in [2.24, 2.45) is 5.10 Å². The number of hydrogen-bond acceptors (Lipinski definition) is 7. The summed E-state index contributed by atoms with van der Waals surface area (Å²) < 4.78 is 11.0. The maximum Gasteiger partial charge on any atom is 0.343 e. The number of hydrogen-bond donors (Lipinski definition) is 2. The molecule has 0 unspecified atom stereocenters. The van der Waals surface area contributed by atoms with Gasteiger partial charge >= 0.3 is 11.9 Å². The summed E-state index contributed by atoms with van der Waals surface area (Å²) >= 11 is 11.8. The molecular formula is C32H20Cl2N2O6. The Kier molecular flexibility index (Phi) is 8.47. The number of carbonyl (C=O) groups is 3. The highest BCUT2D eigenvalue weighted by atomic mass is 35.5. The fourth-order valence-electron chi connectivity index (χ4n) is 3.90. The van der Waals surface area contributed by atoms with E-state index in [1.807, 2.05) is 24.3 Å². The Bertz CT molecular complexity index is 1840. The van der Waals surface area contributed by atoms with Crippen molar-refractivity contribution in [2.45, 2.75) is 0 Å². The van der Waals surface area contributed by atoms with E-state index in [2.05, 4.69) is 10.5 Å². The lowest BCUT2D eigenvalue weighted by atomic mass is 10.1. The number of phenolic OH excluding ortho intramolecular Hbond substituents is 1. The van der Waals surface area contributed by atoms with E-state index in [4.69, 9.17) is 32.7 Å². The van der Waals surface area contributed by atoms with Gasteiger partial charge in [0.2, 0.25) is 0 Å². The number of benzene rings is 5. The molecule has 0 saturated heterocycles. The zero-order valence-electron chi connectivity index (χ0n) is 21.6. The topological polar surface area (TPSA) is 114 Å². The third kappa shape index (κ3) is 6.75. The fourth-order valence-corrected chi connectivity index (χ4v) is 4.15. The standard InChI is InChI=1S/C32H20Cl2N2O6/c33-24-10-5-19(6-11-24)31(39)41-26-14-9-23(29(17-26)42-32(40)20-7-12-25(34)13-8-20)18-35-36-30(38)27-15-21-3-1-2-4-22(21)16-28(27)37/h1-18,37H,(H,36,38). The monoisotopic (exact) mass is 598 g/mol. The lowest BCUT2D eigenvalue weighted by Crippen LogP contribution is -2.18. The van der Waals surface area contributed by atoms with Crippen LogP contribution in [0.5, 0.6) is 17.2 Å². The Morgan fingerprint density at radius 2 is 1.29 bits per heavy atom. The summed E-state index contributed by atoms with van der Waals surface area (Å²) in [5, 5.41) is 16.8. The van der Waals surface area contributed by atoms with Crippen LogP contribution in [0.1, 0.15) is 36.6 Å². The molecule has 0 fully saturated rings. The molecule has 10 heteroatoms. The van der Waals surface area contributed by atoms with E-state index in [0.717, 1.165) is 10.8 Å². The summed E-state index contributed by atoms with van der Waals surface area (Å²) in [5.41, 5.74) is 3.18. The molecule has 5 aromatic rings. The molecule has 8 nitrogen and oxygen atoms in total. The van der Waals surface area contributed by atoms with Gasteiger partial charge in [-0.3, -0.25) is 4.79 Å². The van der Waals surface area contributed by atoms with Gasteiger partial charge in [-0.1, -0.05) is 47.5 Å². The first-order valence-corrected chi connectivity index (χ1v) is 13.2. The molecule has 5 aromatic carbocycles. The average Bonchev–Trinajstić information content (AvgIpc) is 2.98. The molecular weight excluding hydrogens is 579 g/mol. The molecule has 2 N–H and O–H groups in total. The van der Waals surface area contributed by atoms with Crippen molar-refractivity contribution in [3.05, 3.63) is 135 Å². The predicted molar refractivity (Wildman–Crippen MR) is 160 cm³/mol. The largest absolute Gasteiger partial charge is 0.507 e. The third-order valence-corrected chi connectivity index (χ3v) is 6.54. The molecule has 0 aromatic heterocycles. The summed E-state index contributed by atoms with van der Waals surface area (Å²) in [6.07, 6.45) is 1.26. The van der Waals surface area contributed by atoms with Crippen LogP contribution in [0.15, 0.2) is 108 Å². The van der Waals surface area contributed by atoms with Crippen LogP contribution in [0.3, 0.4) is 0 Å². The Labute approximate surface area is 249 Å². The zero-order chi connectivity index (χ0) is 29.6. The molecule has 0 saturated carbocycles. The van der Waals surface area contributed by atoms with Crippen molar-refractivity contribution >= 4 is 58.0 Å². The molecule has 0 aliphatic rings. The first-order chi connectivity index (χ1) is 20.3. The van der Waals surface area contributed by atoms with Crippen molar-refractivity contribution in [3.63, 3.8) is 0 Å². The fraction of sp³-hybridized carbons (Fsp3) is 0. The van der Waals surface area contributed by atoms with E-state index in [9.17, 15) is 19.5 Å². The predicted octanol–water partition coefficient (Wildman–Crippen LogP) is 7.05. The minimum atomic E-state index is -0.701. The number of ether oxygens (including phenoxy) is 2. The smallest absolute Gasteiger partial charge is 0.343 e. The van der Waals surface area contributed by atoms with E-state index in [0.29, 0.717) is 10.0 Å². The van der Waals surface area contributed by atoms with Crippen LogP contribution < -0.4 is 14.9 Å². The minimum Gasteiger partial charge on any atom is -0.507 e. The maximum atomic E-state index is 12.8. The van der Waals surface area contributed by atoms with E-state index < -0.39 is 17.8 Å². The number of halogens is 2. The number of amides is 1. The number of phenols is 1. The molecule has 0 spiro atoms. The second-order valence-corrected chi connectivity index (χ2v) is 9.78. The van der Waals surface area contributed by atoms with Crippen molar-refractivity contribution in [1.29, 1.82) is 0 Å². The van der Waals surface area contributed by atoms with Gasteiger partial charge < -0.3 is 14.6 Å². The highest BCUT2D eigenvalue weighted by Gasteiger charge is 2.16. The zero-order valence-corrected chi connectivity index (χ0v) is 23.1. The van der Waals surface area contributed by atoms with Crippen LogP contribution >= 0.6 is 23.2 Å². The molecule has 0 aliphatic heterocycles. The number of hydrazone groups is 1. The number of nitrogens with one attached hydrogen (secondary N) is 1. The van der Waals surface area contributed by atoms with Crippen LogP contribution in [0.2, 0.25) is 10.0 Å². The van der Waals surface area contributed by atoms with Gasteiger partial charge in [0.1, 0.15) is 17.2 Å². The summed E-state index contributed by atoms with van der Waals surface area (Å²) in [5.74, 6) is -2.11. The molecule has 208 valence electrons. The molecule has 42 heavy (non-hydrogen) atoms. The molecule has 0 bridgehead atoms. The van der Waals surface area contributed by atoms with Crippen molar-refractivity contribution in [1.82, 2.24) is 5.43 Å². The molecule has 0 atom stereocenters. The normalized spacial score (nSPS) is 10.9. The van der Waals surface area contributed by atoms with Crippen molar-refractivity contribution < 1.29 is 29.0 Å². The van der Waals surface area contributed by atoms with Gasteiger partial charge in [-0.15, -0.1) is 0 Å². The first kappa shape index (κ1) is 28.4. The molecule has 0 heterocycles. The minimum absolute atomic E-state index is 0.00269. The quantitative estimate of drug-likeness (QED) is 0.0897. The van der Waals surface area contributed by atoms with E-state index in [1.165, 1.54) is 54.7 Å². The number of carbonyl (C=O) groups excluding carboxylic acids is 3. The number of esters is 2. The van der Waals surface area contributed by atoms with E-state index in [-0.39, 0.29) is 39.5 Å². The Morgan fingerprint density at radius 3 is 1.90 bits per heavy atom. The lowest BCUT2D eigenvalue weighted by Gasteiger charge is -2.11. The van der Waals surface area contributed by atoms with Crippen molar-refractivity contribution in [3.8, 4) is 17.2 Å². The number of fused-ring (bicyclic) bond motifs is 1. The Hall–Kier alpha value is -5.18. The van der Waals surface area contributed by atoms with Crippen LogP contribution in [-0.2, 0) is 0 Å². The van der Waals surface area contributed by atoms with E-state index >= 15 is 0 Å². The third-order valence-electron chi connectivity index (χ3n) is 6.04. The van der Waals surface area contributed by atoms with Gasteiger partial charge in [-0.05, 0) is 83.6 Å².